The van der Waals surface area contributed by atoms with Crippen molar-refractivity contribution in [2.24, 2.45) is 0 Å². The summed E-state index contributed by atoms with van der Waals surface area (Å²) in [5, 5.41) is 5.19. The van der Waals surface area contributed by atoms with Crippen molar-refractivity contribution < 1.29 is 17.9 Å². The molecular weight excluding hydrogens is 444 g/mol. The van der Waals surface area contributed by atoms with Gasteiger partial charge in [-0.2, -0.15) is 0 Å². The zero-order chi connectivity index (χ0) is 22.6. The Hall–Kier alpha value is -2.84. The molecule has 0 atom stereocenters. The summed E-state index contributed by atoms with van der Waals surface area (Å²) in [6, 6.07) is 16.4. The molecule has 0 saturated heterocycles. The SMILES string of the molecule is CS(=O)(=O)c1ccc(OCCCC(=O)Nc2ccccc2N2CCc3sccc3C2)cc1. The normalized spacial score (nSPS) is 13.5. The Morgan fingerprint density at radius 2 is 1.91 bits per heavy atom. The summed E-state index contributed by atoms with van der Waals surface area (Å²) in [7, 11) is -3.22. The number of carbonyl (C=O) groups is 1. The van der Waals surface area contributed by atoms with Crippen molar-refractivity contribution in [1.29, 1.82) is 0 Å². The number of para-hydroxylation sites is 2. The van der Waals surface area contributed by atoms with Crippen LogP contribution in [0.4, 0.5) is 11.4 Å². The van der Waals surface area contributed by atoms with E-state index in [0.717, 1.165) is 30.9 Å². The van der Waals surface area contributed by atoms with Gasteiger partial charge in [-0.05, 0) is 66.2 Å². The predicted molar refractivity (Wildman–Crippen MR) is 128 cm³/mol. The zero-order valence-corrected chi connectivity index (χ0v) is 19.5. The summed E-state index contributed by atoms with van der Waals surface area (Å²) in [6.45, 7) is 2.17. The molecule has 4 rings (SSSR count). The third-order valence-electron chi connectivity index (χ3n) is 5.40. The molecule has 0 unspecified atom stereocenters. The lowest BCUT2D eigenvalue weighted by molar-refractivity contribution is -0.116. The summed E-state index contributed by atoms with van der Waals surface area (Å²) in [6.07, 6.45) is 3.09. The average Bonchev–Trinajstić information content (AvgIpc) is 3.25. The van der Waals surface area contributed by atoms with Crippen LogP contribution in [0.2, 0.25) is 0 Å². The van der Waals surface area contributed by atoms with Crippen LogP contribution in [0, 0.1) is 0 Å². The number of fused-ring (bicyclic) bond motifs is 1. The number of nitrogens with zero attached hydrogens (tertiary/aromatic N) is 1. The Labute approximate surface area is 192 Å². The van der Waals surface area contributed by atoms with Gasteiger partial charge in [-0.25, -0.2) is 8.42 Å². The Kier molecular flexibility index (Phi) is 6.81. The van der Waals surface area contributed by atoms with Crippen molar-refractivity contribution in [3.8, 4) is 5.75 Å². The van der Waals surface area contributed by atoms with Crippen molar-refractivity contribution in [2.45, 2.75) is 30.7 Å². The number of hydrogen-bond acceptors (Lipinski definition) is 6. The number of nitrogens with one attached hydrogen (secondary N) is 1. The topological polar surface area (TPSA) is 75.7 Å². The molecule has 32 heavy (non-hydrogen) atoms. The molecule has 1 aromatic heterocycles. The largest absolute Gasteiger partial charge is 0.494 e. The van der Waals surface area contributed by atoms with E-state index < -0.39 is 9.84 Å². The van der Waals surface area contributed by atoms with Gasteiger partial charge in [-0.1, -0.05) is 12.1 Å². The maximum absolute atomic E-state index is 12.5. The van der Waals surface area contributed by atoms with Gasteiger partial charge in [0.05, 0.1) is 22.9 Å². The number of rotatable bonds is 8. The van der Waals surface area contributed by atoms with Gasteiger partial charge in [0.1, 0.15) is 5.75 Å². The molecule has 0 spiro atoms. The van der Waals surface area contributed by atoms with Crippen LogP contribution in [0.5, 0.6) is 5.75 Å². The highest BCUT2D eigenvalue weighted by molar-refractivity contribution is 7.90. The Morgan fingerprint density at radius 3 is 2.69 bits per heavy atom. The molecular formula is C24H26N2O4S2. The lowest BCUT2D eigenvalue weighted by Crippen LogP contribution is -2.30. The Morgan fingerprint density at radius 1 is 1.12 bits per heavy atom. The van der Waals surface area contributed by atoms with Crippen LogP contribution >= 0.6 is 11.3 Å². The predicted octanol–water partition coefficient (Wildman–Crippen LogP) is 4.51. The van der Waals surface area contributed by atoms with Gasteiger partial charge in [0, 0.05) is 30.6 Å². The van der Waals surface area contributed by atoms with Crippen LogP contribution in [0.3, 0.4) is 0 Å². The van der Waals surface area contributed by atoms with E-state index >= 15 is 0 Å². The summed E-state index contributed by atoms with van der Waals surface area (Å²) in [5.41, 5.74) is 3.23. The van der Waals surface area contributed by atoms with Gasteiger partial charge in [-0.15, -0.1) is 11.3 Å². The lowest BCUT2D eigenvalue weighted by Gasteiger charge is -2.30. The molecule has 3 aromatic rings. The van der Waals surface area contributed by atoms with E-state index in [4.69, 9.17) is 4.74 Å². The summed E-state index contributed by atoms with van der Waals surface area (Å²) in [5.74, 6) is 0.530. The van der Waals surface area contributed by atoms with E-state index in [2.05, 4.69) is 27.7 Å². The number of benzene rings is 2. The van der Waals surface area contributed by atoms with Crippen LogP contribution in [-0.4, -0.2) is 33.7 Å². The van der Waals surface area contributed by atoms with Gasteiger partial charge in [-0.3, -0.25) is 4.79 Å². The number of carbonyl (C=O) groups excluding carboxylic acids is 1. The first-order chi connectivity index (χ1) is 15.4. The molecule has 1 amide bonds. The van der Waals surface area contributed by atoms with Gasteiger partial charge >= 0.3 is 0 Å². The maximum atomic E-state index is 12.5. The monoisotopic (exact) mass is 470 g/mol. The Balaban J connectivity index is 1.28. The quantitative estimate of drug-likeness (QED) is 0.490. The summed E-state index contributed by atoms with van der Waals surface area (Å²) < 4.78 is 28.7. The summed E-state index contributed by atoms with van der Waals surface area (Å²) in [4.78, 5) is 16.5. The number of ether oxygens (including phenoxy) is 1. The van der Waals surface area contributed by atoms with Gasteiger partial charge in [0.25, 0.3) is 0 Å². The van der Waals surface area contributed by atoms with Crippen molar-refractivity contribution in [3.05, 3.63) is 70.4 Å². The van der Waals surface area contributed by atoms with Gasteiger partial charge in [0.15, 0.2) is 9.84 Å². The van der Waals surface area contributed by atoms with E-state index in [1.54, 1.807) is 12.1 Å². The maximum Gasteiger partial charge on any atom is 0.224 e. The van der Waals surface area contributed by atoms with E-state index in [1.165, 1.54) is 28.8 Å². The molecule has 0 aliphatic carbocycles. The molecule has 1 aliphatic rings. The molecule has 1 N–H and O–H groups in total. The second-order valence-corrected chi connectivity index (χ2v) is 10.8. The molecule has 168 valence electrons. The van der Waals surface area contributed by atoms with Gasteiger partial charge in [0.2, 0.25) is 5.91 Å². The fourth-order valence-corrected chi connectivity index (χ4v) is 5.25. The first-order valence-electron chi connectivity index (χ1n) is 10.5. The van der Waals surface area contributed by atoms with E-state index in [9.17, 15) is 13.2 Å². The highest BCUT2D eigenvalue weighted by Gasteiger charge is 2.20. The third kappa shape index (κ3) is 5.49. The standard InChI is InChI=1S/C24H26N2O4S2/c1-32(28,29)20-10-8-19(9-11-20)30-15-4-7-24(27)25-21-5-2-3-6-22(21)26-14-12-23-18(17-26)13-16-31-23/h2-3,5-6,8-11,13,16H,4,7,12,14-15,17H2,1H3,(H,25,27). The molecule has 0 saturated carbocycles. The Bertz CT molecular complexity index is 1190. The van der Waals surface area contributed by atoms with Crippen LogP contribution in [0.15, 0.2) is 64.9 Å². The number of sulfone groups is 1. The van der Waals surface area contributed by atoms with Crippen LogP contribution in [0.25, 0.3) is 0 Å². The molecule has 6 nitrogen and oxygen atoms in total. The van der Waals surface area contributed by atoms with Crippen molar-refractivity contribution in [2.75, 3.05) is 29.6 Å². The number of anilines is 2. The van der Waals surface area contributed by atoms with Crippen LogP contribution in [0.1, 0.15) is 23.3 Å². The molecule has 8 heteroatoms. The fourth-order valence-electron chi connectivity index (χ4n) is 3.73. The van der Waals surface area contributed by atoms with Crippen molar-refractivity contribution in [1.82, 2.24) is 0 Å². The molecule has 0 radical (unpaired) electrons. The molecule has 0 bridgehead atoms. The van der Waals surface area contributed by atoms with Crippen LogP contribution < -0.4 is 15.0 Å². The smallest absolute Gasteiger partial charge is 0.224 e. The minimum absolute atomic E-state index is 0.0540. The van der Waals surface area contributed by atoms with Gasteiger partial charge < -0.3 is 15.0 Å². The minimum atomic E-state index is -3.22. The highest BCUT2D eigenvalue weighted by atomic mass is 32.2. The first kappa shape index (κ1) is 22.4. The average molecular weight is 471 g/mol. The zero-order valence-electron chi connectivity index (χ0n) is 17.9. The second kappa shape index (κ2) is 9.75. The van der Waals surface area contributed by atoms with E-state index in [1.807, 2.05) is 29.5 Å². The number of amides is 1. The highest BCUT2D eigenvalue weighted by Crippen LogP contribution is 2.32. The molecule has 2 heterocycles. The number of hydrogen-bond donors (Lipinski definition) is 1. The van der Waals surface area contributed by atoms with Crippen LogP contribution in [-0.2, 0) is 27.6 Å². The van der Waals surface area contributed by atoms with E-state index in [0.29, 0.717) is 25.2 Å². The fraction of sp³-hybridized carbons (Fsp3) is 0.292. The lowest BCUT2D eigenvalue weighted by atomic mass is 10.1. The number of thiophene rings is 1. The molecule has 1 aliphatic heterocycles. The minimum Gasteiger partial charge on any atom is -0.494 e. The molecule has 2 aromatic carbocycles. The third-order valence-corrected chi connectivity index (χ3v) is 7.55. The van der Waals surface area contributed by atoms with Crippen molar-refractivity contribution >= 4 is 38.5 Å². The summed E-state index contributed by atoms with van der Waals surface area (Å²) >= 11 is 1.81. The van der Waals surface area contributed by atoms with Crippen molar-refractivity contribution in [3.63, 3.8) is 0 Å². The van der Waals surface area contributed by atoms with E-state index in [-0.39, 0.29) is 10.8 Å². The molecule has 0 fully saturated rings. The first-order valence-corrected chi connectivity index (χ1v) is 13.3. The second-order valence-electron chi connectivity index (χ2n) is 7.80.